The lowest BCUT2D eigenvalue weighted by atomic mass is 9.83. The summed E-state index contributed by atoms with van der Waals surface area (Å²) in [6.07, 6.45) is 0. The minimum Gasteiger partial charge on any atom is -0.456 e. The quantitative estimate of drug-likeness (QED) is 0.173. The molecule has 0 aliphatic carbocycles. The maximum absolute atomic E-state index is 6.44. The number of rotatable bonds is 3. The van der Waals surface area contributed by atoms with Crippen molar-refractivity contribution in [3.8, 4) is 33.4 Å². The van der Waals surface area contributed by atoms with Crippen molar-refractivity contribution >= 4 is 87.0 Å². The molecule has 12 aromatic rings. The lowest BCUT2D eigenvalue weighted by Gasteiger charge is -2.20. The maximum Gasteiger partial charge on any atom is 0.136 e. The minimum absolute atomic E-state index is 0.868. The van der Waals surface area contributed by atoms with E-state index >= 15 is 0 Å². The zero-order valence-corrected chi connectivity index (χ0v) is 29.1. The molecule has 0 amide bonds. The van der Waals surface area contributed by atoms with Gasteiger partial charge in [0.15, 0.2) is 0 Å². The summed E-state index contributed by atoms with van der Waals surface area (Å²) >= 11 is 0. The van der Waals surface area contributed by atoms with Gasteiger partial charge in [0.25, 0.3) is 0 Å². The molecule has 2 heteroatoms. The fourth-order valence-electron chi connectivity index (χ4n) is 9.08. The third kappa shape index (κ3) is 4.17. The van der Waals surface area contributed by atoms with Crippen molar-refractivity contribution in [1.82, 2.24) is 0 Å². The Kier molecular flexibility index (Phi) is 6.09. The van der Waals surface area contributed by atoms with E-state index in [1.54, 1.807) is 0 Å². The summed E-state index contributed by atoms with van der Waals surface area (Å²) in [5.74, 6) is 0. The molecule has 0 fully saturated rings. The fourth-order valence-corrected chi connectivity index (χ4v) is 9.08. The molecule has 2 aromatic heterocycles. The fraction of sp³-hybridized carbons (Fsp3) is 0. The van der Waals surface area contributed by atoms with Gasteiger partial charge in [0, 0.05) is 21.5 Å². The summed E-state index contributed by atoms with van der Waals surface area (Å²) in [7, 11) is 0. The van der Waals surface area contributed by atoms with E-state index in [-0.39, 0.29) is 0 Å². The molecule has 12 rings (SSSR count). The first kappa shape index (κ1) is 29.4. The van der Waals surface area contributed by atoms with Crippen LogP contribution in [0.25, 0.3) is 120 Å². The van der Waals surface area contributed by atoms with E-state index in [0.29, 0.717) is 0 Å². The van der Waals surface area contributed by atoms with Crippen molar-refractivity contribution in [2.75, 3.05) is 0 Å². The van der Waals surface area contributed by atoms with Crippen molar-refractivity contribution in [2.24, 2.45) is 0 Å². The van der Waals surface area contributed by atoms with Crippen LogP contribution in [0.5, 0.6) is 0 Å². The zero-order chi connectivity index (χ0) is 35.3. The Labute approximate surface area is 310 Å². The summed E-state index contributed by atoms with van der Waals surface area (Å²) < 4.78 is 12.7. The molecule has 0 bridgehead atoms. The summed E-state index contributed by atoms with van der Waals surface area (Å²) in [5.41, 5.74) is 10.9. The van der Waals surface area contributed by atoms with Gasteiger partial charge in [-0.15, -0.1) is 0 Å². The zero-order valence-electron chi connectivity index (χ0n) is 29.1. The number of hydrogen-bond donors (Lipinski definition) is 0. The molecular formula is C52H30O2. The van der Waals surface area contributed by atoms with E-state index < -0.39 is 0 Å². The molecular weight excluding hydrogens is 657 g/mol. The van der Waals surface area contributed by atoms with Crippen LogP contribution in [0, 0.1) is 0 Å². The Balaban J connectivity index is 1.09. The second-order valence-corrected chi connectivity index (χ2v) is 14.3. The van der Waals surface area contributed by atoms with Crippen molar-refractivity contribution < 1.29 is 8.83 Å². The van der Waals surface area contributed by atoms with E-state index in [1.807, 2.05) is 18.2 Å². The van der Waals surface area contributed by atoms with Crippen LogP contribution in [0.3, 0.4) is 0 Å². The van der Waals surface area contributed by atoms with Crippen molar-refractivity contribution in [3.05, 3.63) is 182 Å². The molecule has 0 aliphatic heterocycles. The molecule has 0 saturated heterocycles. The van der Waals surface area contributed by atoms with E-state index in [0.717, 1.165) is 49.4 Å². The molecule has 250 valence electrons. The smallest absolute Gasteiger partial charge is 0.136 e. The highest BCUT2D eigenvalue weighted by atomic mass is 16.3. The average molecular weight is 687 g/mol. The van der Waals surface area contributed by atoms with Crippen LogP contribution in [-0.4, -0.2) is 0 Å². The average Bonchev–Trinajstić information content (AvgIpc) is 3.78. The van der Waals surface area contributed by atoms with Crippen LogP contribution < -0.4 is 0 Å². The van der Waals surface area contributed by atoms with Gasteiger partial charge in [-0.05, 0) is 107 Å². The molecule has 0 unspecified atom stereocenters. The third-order valence-corrected chi connectivity index (χ3v) is 11.5. The second kappa shape index (κ2) is 11.2. The van der Waals surface area contributed by atoms with Crippen molar-refractivity contribution in [3.63, 3.8) is 0 Å². The van der Waals surface area contributed by atoms with E-state index in [1.165, 1.54) is 70.9 Å². The van der Waals surface area contributed by atoms with Gasteiger partial charge in [-0.25, -0.2) is 0 Å². The van der Waals surface area contributed by atoms with Crippen LogP contribution in [0.1, 0.15) is 0 Å². The summed E-state index contributed by atoms with van der Waals surface area (Å²) in [4.78, 5) is 0. The van der Waals surface area contributed by atoms with Gasteiger partial charge in [-0.1, -0.05) is 152 Å². The first-order valence-electron chi connectivity index (χ1n) is 18.5. The molecule has 0 radical (unpaired) electrons. The largest absolute Gasteiger partial charge is 0.456 e. The number of benzene rings is 10. The lowest BCUT2D eigenvalue weighted by molar-refractivity contribution is 0.664. The standard InChI is InChI=1S/C52H30O2/c1-2-14-33-31(12-1)13-11-22-38(33)51-39-18-5-7-20-41(39)52(42-21-8-6-19-40(42)51)43-26-25-34(35-15-3-4-16-36(35)43)32-24-27-48-44(28-32)46-30-49-45(29-50(46)54-48)37-17-9-10-23-47(37)53-49/h1-30H. The van der Waals surface area contributed by atoms with Crippen LogP contribution in [0.4, 0.5) is 0 Å². The van der Waals surface area contributed by atoms with Gasteiger partial charge in [-0.2, -0.15) is 0 Å². The Bertz CT molecular complexity index is 3440. The Morgan fingerprint density at radius 3 is 1.35 bits per heavy atom. The Morgan fingerprint density at radius 1 is 0.241 bits per heavy atom. The van der Waals surface area contributed by atoms with Gasteiger partial charge < -0.3 is 8.83 Å². The predicted molar refractivity (Wildman–Crippen MR) is 227 cm³/mol. The molecule has 0 spiro atoms. The van der Waals surface area contributed by atoms with Gasteiger partial charge in [0.05, 0.1) is 0 Å². The molecule has 0 atom stereocenters. The van der Waals surface area contributed by atoms with Gasteiger partial charge in [-0.3, -0.25) is 0 Å². The van der Waals surface area contributed by atoms with Gasteiger partial charge >= 0.3 is 0 Å². The Hall–Kier alpha value is -7.16. The predicted octanol–water partition coefficient (Wildman–Crippen LogP) is 15.1. The van der Waals surface area contributed by atoms with Crippen LogP contribution in [-0.2, 0) is 0 Å². The monoisotopic (exact) mass is 686 g/mol. The first-order valence-corrected chi connectivity index (χ1v) is 18.5. The van der Waals surface area contributed by atoms with Crippen LogP contribution >= 0.6 is 0 Å². The highest BCUT2D eigenvalue weighted by Crippen LogP contribution is 2.48. The van der Waals surface area contributed by atoms with Gasteiger partial charge in [0.2, 0.25) is 0 Å². The SMILES string of the molecule is c1ccc2c(-c3c4ccccc4c(-c4ccc(-c5ccc6oc7cc8c(cc7c6c5)oc5ccccc58)c5ccccc45)c4ccccc34)cccc2c1. The minimum atomic E-state index is 0.868. The summed E-state index contributed by atoms with van der Waals surface area (Å²) in [5, 5.41) is 14.3. The maximum atomic E-state index is 6.44. The van der Waals surface area contributed by atoms with Crippen molar-refractivity contribution in [1.29, 1.82) is 0 Å². The molecule has 0 N–H and O–H groups in total. The molecule has 0 saturated carbocycles. The molecule has 10 aromatic carbocycles. The van der Waals surface area contributed by atoms with E-state index in [9.17, 15) is 0 Å². The number of fused-ring (bicyclic) bond motifs is 10. The van der Waals surface area contributed by atoms with E-state index in [2.05, 4.69) is 164 Å². The van der Waals surface area contributed by atoms with Crippen LogP contribution in [0.15, 0.2) is 191 Å². The lowest BCUT2D eigenvalue weighted by Crippen LogP contribution is -1.93. The molecule has 54 heavy (non-hydrogen) atoms. The second-order valence-electron chi connectivity index (χ2n) is 14.3. The summed E-state index contributed by atoms with van der Waals surface area (Å²) in [6, 6.07) is 65.8. The summed E-state index contributed by atoms with van der Waals surface area (Å²) in [6.45, 7) is 0. The normalized spacial score (nSPS) is 12.1. The number of hydrogen-bond acceptors (Lipinski definition) is 2. The third-order valence-electron chi connectivity index (χ3n) is 11.5. The highest BCUT2D eigenvalue weighted by molar-refractivity contribution is 6.26. The molecule has 0 aliphatic rings. The Morgan fingerprint density at radius 2 is 0.685 bits per heavy atom. The van der Waals surface area contributed by atoms with Crippen molar-refractivity contribution in [2.45, 2.75) is 0 Å². The number of furan rings is 2. The van der Waals surface area contributed by atoms with E-state index in [4.69, 9.17) is 8.83 Å². The number of para-hydroxylation sites is 1. The van der Waals surface area contributed by atoms with Gasteiger partial charge in [0.1, 0.15) is 22.3 Å². The molecule has 2 heterocycles. The van der Waals surface area contributed by atoms with Crippen LogP contribution in [0.2, 0.25) is 0 Å². The topological polar surface area (TPSA) is 26.3 Å². The highest BCUT2D eigenvalue weighted by Gasteiger charge is 2.20. The molecule has 2 nitrogen and oxygen atoms in total. The first-order chi connectivity index (χ1) is 26.8.